The van der Waals surface area contributed by atoms with Gasteiger partial charge in [0.05, 0.1) is 17.9 Å². The third kappa shape index (κ3) is 4.56. The number of hydrogen-bond acceptors (Lipinski definition) is 5. The lowest BCUT2D eigenvalue weighted by atomic mass is 9.97. The van der Waals surface area contributed by atoms with Crippen LogP contribution in [0.3, 0.4) is 0 Å². The van der Waals surface area contributed by atoms with Gasteiger partial charge in [0.15, 0.2) is 0 Å². The molecule has 5 rings (SSSR count). The summed E-state index contributed by atoms with van der Waals surface area (Å²) in [5, 5.41) is 3.35. The summed E-state index contributed by atoms with van der Waals surface area (Å²) < 4.78 is 46.1. The van der Waals surface area contributed by atoms with Crippen molar-refractivity contribution in [3.8, 4) is 11.3 Å². The molecule has 182 valence electrons. The van der Waals surface area contributed by atoms with E-state index in [0.29, 0.717) is 30.3 Å². The first kappa shape index (κ1) is 23.3. The molecule has 0 aliphatic carbocycles. The predicted octanol–water partition coefficient (Wildman–Crippen LogP) is 3.55. The first-order valence-electron chi connectivity index (χ1n) is 11.8. The van der Waals surface area contributed by atoms with Crippen molar-refractivity contribution in [2.24, 2.45) is 5.92 Å². The van der Waals surface area contributed by atoms with Crippen LogP contribution < -0.4 is 5.32 Å². The fraction of sp³-hybridized carbons (Fsp3) is 0.520. The van der Waals surface area contributed by atoms with Gasteiger partial charge in [-0.2, -0.15) is 13.2 Å². The highest BCUT2D eigenvalue weighted by Gasteiger charge is 2.37. The summed E-state index contributed by atoms with van der Waals surface area (Å²) in [6.45, 7) is 4.56. The van der Waals surface area contributed by atoms with Crippen molar-refractivity contribution in [3.05, 3.63) is 52.7 Å². The number of pyridine rings is 1. The van der Waals surface area contributed by atoms with E-state index in [2.05, 4.69) is 10.3 Å². The molecular formula is C25H29F3N4O2. The number of hydrogen-bond donors (Lipinski definition) is 1. The van der Waals surface area contributed by atoms with Gasteiger partial charge < -0.3 is 15.0 Å². The van der Waals surface area contributed by atoms with Gasteiger partial charge in [-0.3, -0.25) is 14.7 Å². The Morgan fingerprint density at radius 1 is 1.24 bits per heavy atom. The summed E-state index contributed by atoms with van der Waals surface area (Å²) in [7, 11) is 1.63. The number of nitrogens with one attached hydrogen (secondary N) is 1. The second-order valence-corrected chi connectivity index (χ2v) is 9.55. The third-order valence-electron chi connectivity index (χ3n) is 7.07. The van der Waals surface area contributed by atoms with Gasteiger partial charge in [0.1, 0.15) is 0 Å². The number of piperidine rings is 1. The minimum atomic E-state index is -4.46. The van der Waals surface area contributed by atoms with Crippen LogP contribution >= 0.6 is 0 Å². The lowest BCUT2D eigenvalue weighted by Crippen LogP contribution is -2.48. The maximum absolute atomic E-state index is 13.7. The van der Waals surface area contributed by atoms with Gasteiger partial charge in [0.2, 0.25) is 0 Å². The zero-order valence-electron chi connectivity index (χ0n) is 19.2. The second kappa shape index (κ2) is 9.28. The number of amides is 1. The summed E-state index contributed by atoms with van der Waals surface area (Å²) in [4.78, 5) is 21.0. The van der Waals surface area contributed by atoms with Gasteiger partial charge in [0.25, 0.3) is 5.91 Å². The lowest BCUT2D eigenvalue weighted by Gasteiger charge is -2.39. The zero-order valence-corrected chi connectivity index (χ0v) is 19.2. The Hall–Kier alpha value is -2.49. The molecule has 9 heteroatoms. The highest BCUT2D eigenvalue weighted by molar-refractivity contribution is 5.99. The van der Waals surface area contributed by atoms with E-state index in [1.807, 2.05) is 15.9 Å². The molecule has 0 bridgehead atoms. The molecule has 0 spiro atoms. The van der Waals surface area contributed by atoms with Crippen LogP contribution in [0.25, 0.3) is 11.3 Å². The summed E-state index contributed by atoms with van der Waals surface area (Å²) in [6.07, 6.45) is -1.51. The molecule has 4 heterocycles. The zero-order chi connectivity index (χ0) is 23.9. The first-order valence-corrected chi connectivity index (χ1v) is 11.8. The van der Waals surface area contributed by atoms with Gasteiger partial charge in [-0.25, -0.2) is 0 Å². The number of ether oxygens (including phenoxy) is 1. The minimum absolute atomic E-state index is 0.0275. The van der Waals surface area contributed by atoms with Crippen molar-refractivity contribution in [2.75, 3.05) is 39.9 Å². The van der Waals surface area contributed by atoms with Crippen LogP contribution in [0.15, 0.2) is 30.5 Å². The van der Waals surface area contributed by atoms with Crippen molar-refractivity contribution in [1.82, 2.24) is 20.1 Å². The van der Waals surface area contributed by atoms with E-state index in [9.17, 15) is 18.0 Å². The number of nitrogens with zero attached hydrogens (tertiary/aromatic N) is 3. The monoisotopic (exact) mass is 474 g/mol. The Kier molecular flexibility index (Phi) is 6.35. The molecule has 1 unspecified atom stereocenters. The van der Waals surface area contributed by atoms with E-state index >= 15 is 0 Å². The van der Waals surface area contributed by atoms with E-state index in [0.717, 1.165) is 56.3 Å². The van der Waals surface area contributed by atoms with Gasteiger partial charge >= 0.3 is 6.18 Å². The number of aromatic nitrogens is 1. The number of methoxy groups -OCH3 is 1. The number of benzene rings is 1. The molecule has 1 amide bonds. The molecule has 1 atom stereocenters. The normalized spacial score (nSPS) is 21.6. The number of likely N-dealkylation sites (tertiary alicyclic amines) is 1. The molecule has 0 saturated carbocycles. The molecule has 1 N–H and O–H groups in total. The van der Waals surface area contributed by atoms with Crippen LogP contribution in [0, 0.1) is 5.92 Å². The van der Waals surface area contributed by atoms with Crippen LogP contribution in [0.1, 0.15) is 39.9 Å². The van der Waals surface area contributed by atoms with Crippen LogP contribution in [0.4, 0.5) is 13.2 Å². The van der Waals surface area contributed by atoms with Crippen molar-refractivity contribution in [3.63, 3.8) is 0 Å². The fourth-order valence-electron chi connectivity index (χ4n) is 5.33. The van der Waals surface area contributed by atoms with Crippen LogP contribution in [-0.4, -0.2) is 66.6 Å². The molecule has 3 aliphatic rings. The maximum atomic E-state index is 13.7. The smallest absolute Gasteiger partial charge is 0.384 e. The van der Waals surface area contributed by atoms with E-state index in [1.54, 1.807) is 25.3 Å². The third-order valence-corrected chi connectivity index (χ3v) is 7.07. The predicted molar refractivity (Wildman–Crippen MR) is 121 cm³/mol. The van der Waals surface area contributed by atoms with E-state index < -0.39 is 11.7 Å². The largest absolute Gasteiger partial charge is 0.418 e. The summed E-state index contributed by atoms with van der Waals surface area (Å²) in [5.74, 6) is 0.386. The topological polar surface area (TPSA) is 57.7 Å². The quantitative estimate of drug-likeness (QED) is 0.694. The van der Waals surface area contributed by atoms with E-state index in [1.165, 1.54) is 0 Å². The molecule has 0 radical (unpaired) electrons. The van der Waals surface area contributed by atoms with E-state index in [4.69, 9.17) is 4.74 Å². The molecule has 3 aliphatic heterocycles. The average molecular weight is 475 g/mol. The number of alkyl halides is 3. The molecule has 2 fully saturated rings. The SMILES string of the molecule is COCC1CN(Cc2cc(-c3ccc4c(c3)CN(C3CCCNC3)C4=O)ncc2C(F)(F)F)C1. The molecule has 2 aromatic rings. The second-order valence-electron chi connectivity index (χ2n) is 9.55. The van der Waals surface area contributed by atoms with Crippen molar-refractivity contribution in [1.29, 1.82) is 0 Å². The highest BCUT2D eigenvalue weighted by atomic mass is 19.4. The number of halogens is 3. The average Bonchev–Trinajstić information content (AvgIpc) is 3.13. The number of carbonyl (C=O) groups excluding carboxylic acids is 1. The summed E-state index contributed by atoms with van der Waals surface area (Å²) >= 11 is 0. The van der Waals surface area contributed by atoms with Gasteiger partial charge in [-0.05, 0) is 48.7 Å². The standard InChI is InChI=1S/C25H29F3N4O2/c1-34-15-16-11-31(12-16)13-19-8-23(30-10-22(19)25(26,27)28)17-4-5-21-18(7-17)14-32(24(21)33)20-3-2-6-29-9-20/h4-5,7-8,10,16,20,29H,2-3,6,9,11-15H2,1H3. The van der Waals surface area contributed by atoms with Gasteiger partial charge in [0, 0.05) is 69.1 Å². The lowest BCUT2D eigenvalue weighted by molar-refractivity contribution is -0.138. The number of rotatable bonds is 6. The van der Waals surface area contributed by atoms with Crippen LogP contribution in [0.5, 0.6) is 0 Å². The fourth-order valence-corrected chi connectivity index (χ4v) is 5.33. The molecule has 1 aromatic heterocycles. The highest BCUT2D eigenvalue weighted by Crippen LogP contribution is 2.36. The Balaban J connectivity index is 1.38. The number of fused-ring (bicyclic) bond motifs is 1. The Morgan fingerprint density at radius 2 is 2.06 bits per heavy atom. The van der Waals surface area contributed by atoms with Crippen LogP contribution in [0.2, 0.25) is 0 Å². The Morgan fingerprint density at radius 3 is 2.76 bits per heavy atom. The maximum Gasteiger partial charge on any atom is 0.418 e. The van der Waals surface area contributed by atoms with Crippen LogP contribution in [-0.2, 0) is 24.0 Å². The van der Waals surface area contributed by atoms with Crippen molar-refractivity contribution < 1.29 is 22.7 Å². The summed E-state index contributed by atoms with van der Waals surface area (Å²) in [6, 6.07) is 7.20. The molecule has 6 nitrogen and oxygen atoms in total. The summed E-state index contributed by atoms with van der Waals surface area (Å²) in [5.41, 5.74) is 2.32. The Labute approximate surface area is 197 Å². The molecule has 2 saturated heterocycles. The molecule has 34 heavy (non-hydrogen) atoms. The van der Waals surface area contributed by atoms with Crippen molar-refractivity contribution in [2.45, 2.75) is 38.1 Å². The molecule has 1 aromatic carbocycles. The van der Waals surface area contributed by atoms with Gasteiger partial charge in [-0.15, -0.1) is 0 Å². The van der Waals surface area contributed by atoms with Crippen molar-refractivity contribution >= 4 is 5.91 Å². The number of carbonyl (C=O) groups is 1. The minimum Gasteiger partial charge on any atom is -0.384 e. The Bertz CT molecular complexity index is 1060. The molecular weight excluding hydrogens is 445 g/mol. The van der Waals surface area contributed by atoms with E-state index in [-0.39, 0.29) is 24.1 Å². The van der Waals surface area contributed by atoms with Gasteiger partial charge in [-0.1, -0.05) is 6.07 Å². The first-order chi connectivity index (χ1) is 16.3.